The first-order valence-corrected chi connectivity index (χ1v) is 11.6. The number of benzene rings is 2. The molecule has 3 heterocycles. The Morgan fingerprint density at radius 1 is 1.03 bits per heavy atom. The van der Waals surface area contributed by atoms with Crippen LogP contribution in [0.15, 0.2) is 54.2 Å². The van der Waals surface area contributed by atoms with Gasteiger partial charge in [-0.3, -0.25) is 0 Å². The molecule has 5 aromatic rings. The second kappa shape index (κ2) is 8.85. The van der Waals surface area contributed by atoms with Crippen LogP contribution in [0.25, 0.3) is 21.5 Å². The van der Waals surface area contributed by atoms with E-state index in [1.807, 2.05) is 30.6 Å². The van der Waals surface area contributed by atoms with E-state index in [0.717, 1.165) is 31.5 Å². The number of aryl methyl sites for hydroxylation is 1. The Kier molecular flexibility index (Phi) is 5.61. The molecule has 0 fully saturated rings. The molecule has 3 N–H and O–H groups in total. The van der Waals surface area contributed by atoms with Crippen LogP contribution in [-0.2, 0) is 13.1 Å². The van der Waals surface area contributed by atoms with Gasteiger partial charge in [-0.15, -0.1) is 27.8 Å². The summed E-state index contributed by atoms with van der Waals surface area (Å²) in [6.45, 7) is 3.09. The SMILES string of the molecule is Cc1cccc(O)c1-c1cnnc(NCc2nc3cc(NCc4nccs4)ccc3s2)n1. The molecular formula is C22H19N7OS2. The lowest BCUT2D eigenvalue weighted by Gasteiger charge is -2.08. The van der Waals surface area contributed by atoms with Crippen molar-refractivity contribution in [3.8, 4) is 17.0 Å². The maximum atomic E-state index is 10.2. The number of thiazole rings is 2. The first-order chi connectivity index (χ1) is 15.7. The monoisotopic (exact) mass is 461 g/mol. The van der Waals surface area contributed by atoms with Gasteiger partial charge in [-0.2, -0.15) is 5.10 Å². The van der Waals surface area contributed by atoms with E-state index < -0.39 is 0 Å². The number of hydrogen-bond acceptors (Lipinski definition) is 10. The quantitative estimate of drug-likeness (QED) is 0.316. The van der Waals surface area contributed by atoms with Crippen LogP contribution in [0.4, 0.5) is 11.6 Å². The third-order valence-corrected chi connectivity index (χ3v) is 6.64. The average molecular weight is 462 g/mol. The molecule has 0 unspecified atom stereocenters. The standard InChI is InChI=1S/C22H19N7OS2/c1-13-3-2-4-17(30)21(13)16-10-26-29-22(28-16)25-12-20-27-15-9-14(5-6-18(15)32-20)24-11-19-23-7-8-31-19/h2-10,24,30H,11-12H2,1H3,(H,25,28,29). The molecule has 3 aromatic heterocycles. The second-order valence-electron chi connectivity index (χ2n) is 7.06. The van der Waals surface area contributed by atoms with Crippen LogP contribution < -0.4 is 10.6 Å². The third-order valence-electron chi connectivity index (χ3n) is 4.82. The summed E-state index contributed by atoms with van der Waals surface area (Å²) < 4.78 is 1.11. The minimum absolute atomic E-state index is 0.168. The van der Waals surface area contributed by atoms with Gasteiger partial charge >= 0.3 is 0 Å². The van der Waals surface area contributed by atoms with Crippen LogP contribution in [0.2, 0.25) is 0 Å². The van der Waals surface area contributed by atoms with Crippen LogP contribution in [0, 0.1) is 6.92 Å². The normalized spacial score (nSPS) is 11.0. The van der Waals surface area contributed by atoms with E-state index in [2.05, 4.69) is 42.9 Å². The fourth-order valence-corrected chi connectivity index (χ4v) is 4.76. The fourth-order valence-electron chi connectivity index (χ4n) is 3.32. The summed E-state index contributed by atoms with van der Waals surface area (Å²) in [5.74, 6) is 0.553. The van der Waals surface area contributed by atoms with Gasteiger partial charge in [-0.1, -0.05) is 12.1 Å². The molecule has 160 valence electrons. The van der Waals surface area contributed by atoms with Gasteiger partial charge in [0, 0.05) is 22.8 Å². The molecule has 0 amide bonds. The van der Waals surface area contributed by atoms with Gasteiger partial charge in [0.15, 0.2) is 0 Å². The van der Waals surface area contributed by atoms with E-state index in [1.54, 1.807) is 41.0 Å². The van der Waals surface area contributed by atoms with Crippen molar-refractivity contribution in [2.45, 2.75) is 20.0 Å². The molecule has 0 radical (unpaired) electrons. The molecule has 2 aromatic carbocycles. The number of fused-ring (bicyclic) bond motifs is 1. The van der Waals surface area contributed by atoms with Gasteiger partial charge in [0.2, 0.25) is 5.95 Å². The Labute approximate surface area is 192 Å². The molecule has 0 atom stereocenters. The number of nitrogens with zero attached hydrogens (tertiary/aromatic N) is 5. The minimum atomic E-state index is 0.168. The van der Waals surface area contributed by atoms with E-state index in [9.17, 15) is 5.11 Å². The molecule has 0 aliphatic rings. The Hall–Kier alpha value is -3.63. The molecule has 32 heavy (non-hydrogen) atoms. The van der Waals surface area contributed by atoms with Gasteiger partial charge in [0.25, 0.3) is 0 Å². The summed E-state index contributed by atoms with van der Waals surface area (Å²) in [5, 5.41) is 28.8. The minimum Gasteiger partial charge on any atom is -0.507 e. The van der Waals surface area contributed by atoms with Crippen LogP contribution in [0.3, 0.4) is 0 Å². The van der Waals surface area contributed by atoms with Crippen molar-refractivity contribution in [3.63, 3.8) is 0 Å². The van der Waals surface area contributed by atoms with Crippen molar-refractivity contribution in [2.24, 2.45) is 0 Å². The highest BCUT2D eigenvalue weighted by atomic mass is 32.1. The number of aromatic nitrogens is 5. The number of hydrogen-bond donors (Lipinski definition) is 3. The Balaban J connectivity index is 1.29. The average Bonchev–Trinajstić information content (AvgIpc) is 3.46. The van der Waals surface area contributed by atoms with Gasteiger partial charge < -0.3 is 15.7 Å². The number of phenolic OH excluding ortho intramolecular Hbond substituents is 1. The van der Waals surface area contributed by atoms with Crippen LogP contribution in [0.1, 0.15) is 15.6 Å². The van der Waals surface area contributed by atoms with Crippen molar-refractivity contribution in [1.82, 2.24) is 25.1 Å². The lowest BCUT2D eigenvalue weighted by Crippen LogP contribution is -2.05. The summed E-state index contributed by atoms with van der Waals surface area (Å²) >= 11 is 3.25. The summed E-state index contributed by atoms with van der Waals surface area (Å²) in [5.41, 5.74) is 4.09. The highest BCUT2D eigenvalue weighted by Crippen LogP contribution is 2.31. The van der Waals surface area contributed by atoms with E-state index in [0.29, 0.717) is 30.3 Å². The van der Waals surface area contributed by atoms with Gasteiger partial charge in [0.1, 0.15) is 15.8 Å². The predicted octanol–water partition coefficient (Wildman–Crippen LogP) is 4.84. The molecule has 0 saturated carbocycles. The zero-order valence-corrected chi connectivity index (χ0v) is 18.7. The number of nitrogens with one attached hydrogen (secondary N) is 2. The Morgan fingerprint density at radius 2 is 1.94 bits per heavy atom. The van der Waals surface area contributed by atoms with E-state index >= 15 is 0 Å². The van der Waals surface area contributed by atoms with E-state index in [1.165, 1.54) is 0 Å². The second-order valence-corrected chi connectivity index (χ2v) is 9.15. The smallest absolute Gasteiger partial charge is 0.243 e. The number of rotatable bonds is 7. The molecule has 10 heteroatoms. The number of phenols is 1. The summed E-state index contributed by atoms with van der Waals surface area (Å²) in [4.78, 5) is 13.5. The van der Waals surface area contributed by atoms with Crippen LogP contribution >= 0.6 is 22.7 Å². The Morgan fingerprint density at radius 3 is 2.78 bits per heavy atom. The zero-order chi connectivity index (χ0) is 21.9. The largest absolute Gasteiger partial charge is 0.507 e. The van der Waals surface area contributed by atoms with Gasteiger partial charge in [-0.05, 0) is 36.8 Å². The molecule has 8 nitrogen and oxygen atoms in total. The van der Waals surface area contributed by atoms with Crippen molar-refractivity contribution >= 4 is 44.5 Å². The maximum absolute atomic E-state index is 10.2. The highest BCUT2D eigenvalue weighted by Gasteiger charge is 2.12. The molecule has 0 bridgehead atoms. The maximum Gasteiger partial charge on any atom is 0.243 e. The van der Waals surface area contributed by atoms with Crippen molar-refractivity contribution in [1.29, 1.82) is 0 Å². The first kappa shape index (κ1) is 20.3. The van der Waals surface area contributed by atoms with Crippen LogP contribution in [0.5, 0.6) is 5.75 Å². The van der Waals surface area contributed by atoms with Crippen molar-refractivity contribution < 1.29 is 5.11 Å². The van der Waals surface area contributed by atoms with E-state index in [-0.39, 0.29) is 5.75 Å². The summed E-state index contributed by atoms with van der Waals surface area (Å²) in [7, 11) is 0. The lowest BCUT2D eigenvalue weighted by molar-refractivity contribution is 0.476. The number of aromatic hydroxyl groups is 1. The number of anilines is 2. The van der Waals surface area contributed by atoms with Gasteiger partial charge in [0.05, 0.1) is 35.2 Å². The Bertz CT molecular complexity index is 1350. The fraction of sp³-hybridized carbons (Fsp3) is 0.136. The molecular weight excluding hydrogens is 442 g/mol. The van der Waals surface area contributed by atoms with Crippen molar-refractivity contribution in [3.05, 3.63) is 69.8 Å². The summed E-state index contributed by atoms with van der Waals surface area (Å²) in [6.07, 6.45) is 3.36. The zero-order valence-electron chi connectivity index (χ0n) is 17.1. The summed E-state index contributed by atoms with van der Waals surface area (Å²) in [6, 6.07) is 11.5. The van der Waals surface area contributed by atoms with Crippen LogP contribution in [-0.4, -0.2) is 30.3 Å². The predicted molar refractivity (Wildman–Crippen MR) is 128 cm³/mol. The lowest BCUT2D eigenvalue weighted by atomic mass is 10.1. The highest BCUT2D eigenvalue weighted by molar-refractivity contribution is 7.18. The molecule has 0 aliphatic heterocycles. The topological polar surface area (TPSA) is 109 Å². The van der Waals surface area contributed by atoms with Gasteiger partial charge in [-0.25, -0.2) is 15.0 Å². The van der Waals surface area contributed by atoms with Crippen molar-refractivity contribution in [2.75, 3.05) is 10.6 Å². The molecule has 0 aliphatic carbocycles. The first-order valence-electron chi connectivity index (χ1n) is 9.90. The molecule has 5 rings (SSSR count). The molecule has 0 spiro atoms. The van der Waals surface area contributed by atoms with E-state index in [4.69, 9.17) is 4.98 Å². The molecule has 0 saturated heterocycles. The third kappa shape index (κ3) is 4.36.